The minimum atomic E-state index is 0.325. The Bertz CT molecular complexity index is 396. The lowest BCUT2D eigenvalue weighted by molar-refractivity contribution is 0.739. The Hall–Kier alpha value is -1.34. The van der Waals surface area contributed by atoms with Crippen LogP contribution in [0.3, 0.4) is 0 Å². The first-order valence-corrected chi connectivity index (χ1v) is 7.53. The van der Waals surface area contributed by atoms with Crippen LogP contribution in [0.2, 0.25) is 0 Å². The Kier molecular flexibility index (Phi) is 9.75. The van der Waals surface area contributed by atoms with Crippen LogP contribution in [0.1, 0.15) is 40.5 Å². The van der Waals surface area contributed by atoms with Gasteiger partial charge in [-0.3, -0.25) is 0 Å². The van der Waals surface area contributed by atoms with Gasteiger partial charge in [-0.1, -0.05) is 76.3 Å². The molecule has 0 saturated carbocycles. The maximum Gasteiger partial charge on any atom is 0.000845 e. The van der Waals surface area contributed by atoms with Gasteiger partial charge in [-0.2, -0.15) is 0 Å². The summed E-state index contributed by atoms with van der Waals surface area (Å²) in [4.78, 5) is 0. The third-order valence-corrected chi connectivity index (χ3v) is 3.44. The fraction of sp³-hybridized carbons (Fsp3) is 0.474. The minimum absolute atomic E-state index is 0.325. The molecule has 0 saturated heterocycles. The van der Waals surface area contributed by atoms with Gasteiger partial charge in [-0.25, -0.2) is 0 Å². The Balaban J connectivity index is 4.86. The molecule has 0 aromatic carbocycles. The van der Waals surface area contributed by atoms with Crippen LogP contribution in [0.4, 0.5) is 0 Å². The molecule has 0 aliphatic carbocycles. The van der Waals surface area contributed by atoms with Crippen molar-refractivity contribution < 1.29 is 0 Å². The summed E-state index contributed by atoms with van der Waals surface area (Å²) in [6.07, 6.45) is 13.0. The highest BCUT2D eigenvalue weighted by Crippen LogP contribution is 2.18. The van der Waals surface area contributed by atoms with Gasteiger partial charge in [0, 0.05) is 5.92 Å². The summed E-state index contributed by atoms with van der Waals surface area (Å²) < 4.78 is 0. The van der Waals surface area contributed by atoms with Gasteiger partial charge in [0.05, 0.1) is 0 Å². The van der Waals surface area contributed by atoms with Crippen molar-refractivity contribution in [1.82, 2.24) is 0 Å². The monoisotopic (exact) mass is 273 g/mol. The molecular formula is C19H31N. The smallest absolute Gasteiger partial charge is 0.000845 e. The van der Waals surface area contributed by atoms with Crippen molar-refractivity contribution in [2.75, 3.05) is 6.54 Å². The standard InChI is InChI=1S/C19H31N/c1-7-8-9-19(12-10-16(4)14-20)13-11-17(5)18(6)15(2)3/h9-13,16,18H,2,5,7-8,14,20H2,1,3-4,6H3/b12-10-,13-11+,19-9+. The topological polar surface area (TPSA) is 26.0 Å². The average molecular weight is 273 g/mol. The largest absolute Gasteiger partial charge is 0.330 e. The van der Waals surface area contributed by atoms with Gasteiger partial charge in [0.15, 0.2) is 0 Å². The number of rotatable bonds is 9. The molecule has 2 unspecified atom stereocenters. The van der Waals surface area contributed by atoms with Gasteiger partial charge >= 0.3 is 0 Å². The van der Waals surface area contributed by atoms with Gasteiger partial charge in [0.25, 0.3) is 0 Å². The summed E-state index contributed by atoms with van der Waals surface area (Å²) in [5.74, 6) is 0.733. The van der Waals surface area contributed by atoms with Crippen LogP contribution in [-0.4, -0.2) is 6.54 Å². The Morgan fingerprint density at radius 1 is 1.15 bits per heavy atom. The minimum Gasteiger partial charge on any atom is -0.330 e. The quantitative estimate of drug-likeness (QED) is 0.454. The molecule has 0 aromatic rings. The molecule has 0 spiro atoms. The van der Waals surface area contributed by atoms with Crippen LogP contribution >= 0.6 is 0 Å². The highest BCUT2D eigenvalue weighted by atomic mass is 14.5. The van der Waals surface area contributed by atoms with E-state index in [1.807, 2.05) is 6.92 Å². The van der Waals surface area contributed by atoms with Crippen molar-refractivity contribution in [3.8, 4) is 0 Å². The number of hydrogen-bond donors (Lipinski definition) is 1. The molecule has 0 radical (unpaired) electrons. The molecule has 2 atom stereocenters. The SMILES string of the molecule is C=C(C)C(C)C(=C)/C=C/C(/C=C\C(C)CN)=C/CCC. The highest BCUT2D eigenvalue weighted by Gasteiger charge is 2.03. The van der Waals surface area contributed by atoms with E-state index in [0.717, 1.165) is 24.0 Å². The zero-order valence-corrected chi connectivity index (χ0v) is 13.7. The van der Waals surface area contributed by atoms with Gasteiger partial charge in [0.1, 0.15) is 0 Å². The molecule has 112 valence electrons. The fourth-order valence-electron chi connectivity index (χ4n) is 1.52. The van der Waals surface area contributed by atoms with E-state index >= 15 is 0 Å². The summed E-state index contributed by atoms with van der Waals surface area (Å²) in [6, 6.07) is 0. The first-order valence-electron chi connectivity index (χ1n) is 7.53. The third-order valence-electron chi connectivity index (χ3n) is 3.44. The van der Waals surface area contributed by atoms with E-state index in [9.17, 15) is 0 Å². The van der Waals surface area contributed by atoms with Crippen LogP contribution in [0, 0.1) is 11.8 Å². The normalized spacial score (nSPS) is 15.8. The summed E-state index contributed by atoms with van der Waals surface area (Å²) in [5, 5.41) is 0. The molecule has 0 fully saturated rings. The van der Waals surface area contributed by atoms with E-state index in [2.05, 4.69) is 64.3 Å². The lowest BCUT2D eigenvalue weighted by Crippen LogP contribution is -2.07. The lowest BCUT2D eigenvalue weighted by Gasteiger charge is -2.10. The number of hydrogen-bond acceptors (Lipinski definition) is 1. The van der Waals surface area contributed by atoms with Crippen molar-refractivity contribution in [1.29, 1.82) is 0 Å². The predicted molar refractivity (Wildman–Crippen MR) is 92.6 cm³/mol. The summed E-state index contributed by atoms with van der Waals surface area (Å²) in [6.45, 7) is 17.3. The van der Waals surface area contributed by atoms with Crippen molar-refractivity contribution in [2.45, 2.75) is 40.5 Å². The van der Waals surface area contributed by atoms with Gasteiger partial charge < -0.3 is 5.73 Å². The molecular weight excluding hydrogens is 242 g/mol. The molecule has 0 bridgehead atoms. The number of unbranched alkanes of at least 4 members (excludes halogenated alkanes) is 1. The molecule has 2 N–H and O–H groups in total. The molecule has 0 aliphatic rings. The van der Waals surface area contributed by atoms with Crippen molar-refractivity contribution in [3.05, 3.63) is 60.3 Å². The van der Waals surface area contributed by atoms with E-state index in [0.29, 0.717) is 18.4 Å². The number of nitrogens with two attached hydrogens (primary N) is 1. The van der Waals surface area contributed by atoms with Crippen LogP contribution in [0.5, 0.6) is 0 Å². The van der Waals surface area contributed by atoms with E-state index in [-0.39, 0.29) is 0 Å². The predicted octanol–water partition coefficient (Wildman–Crippen LogP) is 5.19. The molecule has 0 rings (SSSR count). The second-order valence-electron chi connectivity index (χ2n) is 5.54. The lowest BCUT2D eigenvalue weighted by atomic mass is 9.95. The van der Waals surface area contributed by atoms with E-state index in [4.69, 9.17) is 5.73 Å². The third kappa shape index (κ3) is 7.96. The molecule has 20 heavy (non-hydrogen) atoms. The molecule has 0 heterocycles. The summed E-state index contributed by atoms with van der Waals surface area (Å²) in [5.41, 5.74) is 9.11. The molecule has 0 aromatic heterocycles. The van der Waals surface area contributed by atoms with Crippen LogP contribution in [0.25, 0.3) is 0 Å². The van der Waals surface area contributed by atoms with Crippen molar-refractivity contribution in [2.24, 2.45) is 17.6 Å². The van der Waals surface area contributed by atoms with Gasteiger partial charge in [-0.15, -0.1) is 0 Å². The first kappa shape index (κ1) is 18.7. The Labute approximate surface area is 125 Å². The maximum absolute atomic E-state index is 5.64. The molecule has 1 heteroatoms. The molecule has 1 nitrogen and oxygen atoms in total. The van der Waals surface area contributed by atoms with E-state index in [1.54, 1.807) is 0 Å². The van der Waals surface area contributed by atoms with E-state index in [1.165, 1.54) is 5.57 Å². The second kappa shape index (κ2) is 10.4. The summed E-state index contributed by atoms with van der Waals surface area (Å²) >= 11 is 0. The maximum atomic E-state index is 5.64. The van der Waals surface area contributed by atoms with Gasteiger partial charge in [-0.05, 0) is 37.0 Å². The van der Waals surface area contributed by atoms with Crippen LogP contribution in [0.15, 0.2) is 60.3 Å². The second-order valence-corrected chi connectivity index (χ2v) is 5.54. The zero-order chi connectivity index (χ0) is 15.5. The fourth-order valence-corrected chi connectivity index (χ4v) is 1.52. The van der Waals surface area contributed by atoms with Gasteiger partial charge in [0.2, 0.25) is 0 Å². The number of allylic oxidation sites excluding steroid dienone is 7. The summed E-state index contributed by atoms with van der Waals surface area (Å²) in [7, 11) is 0. The Morgan fingerprint density at radius 3 is 2.30 bits per heavy atom. The molecule has 0 amide bonds. The average Bonchev–Trinajstić information content (AvgIpc) is 2.44. The van der Waals surface area contributed by atoms with Crippen molar-refractivity contribution >= 4 is 0 Å². The van der Waals surface area contributed by atoms with Crippen LogP contribution in [-0.2, 0) is 0 Å². The highest BCUT2D eigenvalue weighted by molar-refractivity contribution is 5.36. The van der Waals surface area contributed by atoms with E-state index < -0.39 is 0 Å². The Morgan fingerprint density at radius 2 is 1.80 bits per heavy atom. The van der Waals surface area contributed by atoms with Crippen LogP contribution < -0.4 is 5.73 Å². The molecule has 0 aliphatic heterocycles. The van der Waals surface area contributed by atoms with Crippen molar-refractivity contribution in [3.63, 3.8) is 0 Å². The first-order chi connectivity index (χ1) is 9.42. The zero-order valence-electron chi connectivity index (χ0n) is 13.7.